The fourth-order valence-corrected chi connectivity index (χ4v) is 3.56. The summed E-state index contributed by atoms with van der Waals surface area (Å²) in [5, 5.41) is 13.4. The number of aliphatic hydroxyl groups excluding tert-OH is 1. The van der Waals surface area contributed by atoms with Crippen molar-refractivity contribution in [2.45, 2.75) is 63.6 Å². The second-order valence-electron chi connectivity index (χ2n) is 6.60. The summed E-state index contributed by atoms with van der Waals surface area (Å²) < 4.78 is 5.25. The van der Waals surface area contributed by atoms with E-state index < -0.39 is 6.10 Å². The van der Waals surface area contributed by atoms with E-state index in [2.05, 4.69) is 12.2 Å². The largest absolute Gasteiger partial charge is 0.467 e. The lowest BCUT2D eigenvalue weighted by atomic mass is 10.1. The van der Waals surface area contributed by atoms with E-state index >= 15 is 0 Å². The zero-order valence-electron chi connectivity index (χ0n) is 13.2. The van der Waals surface area contributed by atoms with Crippen molar-refractivity contribution in [1.29, 1.82) is 0 Å². The van der Waals surface area contributed by atoms with Gasteiger partial charge in [-0.2, -0.15) is 0 Å². The first-order valence-electron chi connectivity index (χ1n) is 8.47. The van der Waals surface area contributed by atoms with E-state index in [1.54, 1.807) is 18.4 Å². The Kier molecular flexibility index (Phi) is 4.71. The van der Waals surface area contributed by atoms with E-state index in [0.717, 1.165) is 25.8 Å². The molecule has 2 N–H and O–H groups in total. The molecule has 1 aliphatic heterocycles. The predicted octanol–water partition coefficient (Wildman–Crippen LogP) is 3.07. The zero-order valence-corrected chi connectivity index (χ0v) is 13.2. The van der Waals surface area contributed by atoms with Crippen molar-refractivity contribution < 1.29 is 14.3 Å². The van der Waals surface area contributed by atoms with Gasteiger partial charge in [0.2, 0.25) is 0 Å². The van der Waals surface area contributed by atoms with Gasteiger partial charge in [-0.15, -0.1) is 0 Å². The van der Waals surface area contributed by atoms with E-state index in [4.69, 9.17) is 4.42 Å². The van der Waals surface area contributed by atoms with Crippen LogP contribution in [0.15, 0.2) is 22.8 Å². The van der Waals surface area contributed by atoms with Crippen LogP contribution in [0.4, 0.5) is 4.79 Å². The molecule has 2 heterocycles. The van der Waals surface area contributed by atoms with Crippen molar-refractivity contribution in [2.24, 2.45) is 5.92 Å². The lowest BCUT2D eigenvalue weighted by Gasteiger charge is -2.26. The molecule has 22 heavy (non-hydrogen) atoms. The summed E-state index contributed by atoms with van der Waals surface area (Å²) in [5.41, 5.74) is 0. The number of urea groups is 1. The van der Waals surface area contributed by atoms with Gasteiger partial charge < -0.3 is 19.7 Å². The zero-order chi connectivity index (χ0) is 15.5. The van der Waals surface area contributed by atoms with Gasteiger partial charge >= 0.3 is 6.03 Å². The Bertz CT molecular complexity index is 488. The summed E-state index contributed by atoms with van der Waals surface area (Å²) in [6.07, 6.45) is 6.93. The molecule has 0 radical (unpaired) electrons. The van der Waals surface area contributed by atoms with Crippen molar-refractivity contribution in [3.8, 4) is 0 Å². The number of likely N-dealkylation sites (tertiary alicyclic amines) is 1. The standard InChI is InChI=1S/C17H26N2O3/c1-2-5-12-10-14(12)18-17(21)19-8-3-6-13(19)11-15(20)16-7-4-9-22-16/h4,7,9,12-15,20H,2-3,5-6,8,10-11H2,1H3,(H,18,21). The maximum absolute atomic E-state index is 12.4. The Morgan fingerprint density at radius 1 is 1.59 bits per heavy atom. The third-order valence-electron chi connectivity index (χ3n) is 4.90. The van der Waals surface area contributed by atoms with Gasteiger partial charge in [0, 0.05) is 25.0 Å². The normalized spacial score (nSPS) is 28.6. The molecule has 4 unspecified atom stereocenters. The van der Waals surface area contributed by atoms with E-state index in [1.807, 2.05) is 4.90 Å². The molecule has 2 amide bonds. The number of carbonyl (C=O) groups is 1. The average molecular weight is 306 g/mol. The first-order chi connectivity index (χ1) is 10.7. The molecule has 0 bridgehead atoms. The summed E-state index contributed by atoms with van der Waals surface area (Å²) in [6.45, 7) is 2.97. The number of nitrogens with one attached hydrogen (secondary N) is 1. The van der Waals surface area contributed by atoms with Crippen LogP contribution < -0.4 is 5.32 Å². The van der Waals surface area contributed by atoms with E-state index in [1.165, 1.54) is 12.8 Å². The number of aliphatic hydroxyl groups is 1. The first kappa shape index (κ1) is 15.4. The molecule has 1 aromatic heterocycles. The van der Waals surface area contributed by atoms with Crippen molar-refractivity contribution >= 4 is 6.03 Å². The van der Waals surface area contributed by atoms with Crippen LogP contribution >= 0.6 is 0 Å². The molecular formula is C17H26N2O3. The minimum absolute atomic E-state index is 0.0396. The third kappa shape index (κ3) is 3.46. The fraction of sp³-hybridized carbons (Fsp3) is 0.706. The maximum atomic E-state index is 12.4. The second-order valence-corrected chi connectivity index (χ2v) is 6.60. The SMILES string of the molecule is CCCC1CC1NC(=O)N1CCCC1CC(O)c1ccco1. The Labute approximate surface area is 131 Å². The molecule has 1 aromatic rings. The molecule has 4 atom stereocenters. The van der Waals surface area contributed by atoms with Crippen molar-refractivity contribution in [3.63, 3.8) is 0 Å². The third-order valence-corrected chi connectivity index (χ3v) is 4.90. The number of furan rings is 1. The maximum Gasteiger partial charge on any atom is 0.317 e. The summed E-state index contributed by atoms with van der Waals surface area (Å²) >= 11 is 0. The van der Waals surface area contributed by atoms with Gasteiger partial charge in [-0.25, -0.2) is 4.79 Å². The van der Waals surface area contributed by atoms with Gasteiger partial charge in [-0.05, 0) is 43.7 Å². The molecule has 0 spiro atoms. The van der Waals surface area contributed by atoms with E-state index in [0.29, 0.717) is 24.1 Å². The smallest absolute Gasteiger partial charge is 0.317 e. The molecule has 5 heteroatoms. The Hall–Kier alpha value is -1.49. The van der Waals surface area contributed by atoms with Crippen LogP contribution in [0.5, 0.6) is 0 Å². The van der Waals surface area contributed by atoms with E-state index in [-0.39, 0.29) is 12.1 Å². The van der Waals surface area contributed by atoms with Gasteiger partial charge in [0.05, 0.1) is 6.26 Å². The van der Waals surface area contributed by atoms with Crippen LogP contribution in [-0.2, 0) is 0 Å². The molecule has 0 aromatic carbocycles. The van der Waals surface area contributed by atoms with Gasteiger partial charge in [0.1, 0.15) is 11.9 Å². The highest BCUT2D eigenvalue weighted by molar-refractivity contribution is 5.75. The van der Waals surface area contributed by atoms with Gasteiger partial charge in [-0.3, -0.25) is 0 Å². The summed E-state index contributed by atoms with van der Waals surface area (Å²) in [7, 11) is 0. The number of rotatable bonds is 6. The number of hydrogen-bond acceptors (Lipinski definition) is 3. The Morgan fingerprint density at radius 2 is 2.45 bits per heavy atom. The molecule has 1 saturated heterocycles. The molecule has 2 aliphatic rings. The first-order valence-corrected chi connectivity index (χ1v) is 8.47. The van der Waals surface area contributed by atoms with Crippen LogP contribution in [0.1, 0.15) is 57.3 Å². The van der Waals surface area contributed by atoms with Crippen molar-refractivity contribution in [3.05, 3.63) is 24.2 Å². The summed E-state index contributed by atoms with van der Waals surface area (Å²) in [6, 6.07) is 4.06. The lowest BCUT2D eigenvalue weighted by molar-refractivity contribution is 0.107. The monoisotopic (exact) mass is 306 g/mol. The van der Waals surface area contributed by atoms with Crippen LogP contribution in [-0.4, -0.2) is 34.7 Å². The lowest BCUT2D eigenvalue weighted by Crippen LogP contribution is -2.44. The minimum Gasteiger partial charge on any atom is -0.467 e. The minimum atomic E-state index is -0.637. The molecule has 2 fully saturated rings. The van der Waals surface area contributed by atoms with Crippen molar-refractivity contribution in [2.75, 3.05) is 6.54 Å². The highest BCUT2D eigenvalue weighted by Gasteiger charge is 2.39. The molecule has 122 valence electrons. The molecule has 3 rings (SSSR count). The molecular weight excluding hydrogens is 280 g/mol. The van der Waals surface area contributed by atoms with Crippen LogP contribution in [0.2, 0.25) is 0 Å². The average Bonchev–Trinajstić information content (AvgIpc) is 2.95. The van der Waals surface area contributed by atoms with Gasteiger partial charge in [-0.1, -0.05) is 13.3 Å². The molecule has 1 saturated carbocycles. The summed E-state index contributed by atoms with van der Waals surface area (Å²) in [5.74, 6) is 1.25. The number of nitrogens with zero attached hydrogens (tertiary/aromatic N) is 1. The quantitative estimate of drug-likeness (QED) is 0.849. The second kappa shape index (κ2) is 6.73. The van der Waals surface area contributed by atoms with Crippen LogP contribution in [0.3, 0.4) is 0 Å². The Balaban J connectivity index is 1.51. The number of hydrogen-bond donors (Lipinski definition) is 2. The highest BCUT2D eigenvalue weighted by Crippen LogP contribution is 2.35. The van der Waals surface area contributed by atoms with Crippen molar-refractivity contribution in [1.82, 2.24) is 10.2 Å². The predicted molar refractivity (Wildman–Crippen MR) is 83.3 cm³/mol. The fourth-order valence-electron chi connectivity index (χ4n) is 3.56. The number of carbonyl (C=O) groups excluding carboxylic acids is 1. The van der Waals surface area contributed by atoms with Gasteiger partial charge in [0.15, 0.2) is 0 Å². The molecule has 1 aliphatic carbocycles. The molecule has 5 nitrogen and oxygen atoms in total. The topological polar surface area (TPSA) is 65.7 Å². The Morgan fingerprint density at radius 3 is 3.18 bits per heavy atom. The van der Waals surface area contributed by atoms with Gasteiger partial charge in [0.25, 0.3) is 0 Å². The van der Waals surface area contributed by atoms with E-state index in [9.17, 15) is 9.90 Å². The summed E-state index contributed by atoms with van der Waals surface area (Å²) in [4.78, 5) is 14.3. The van der Waals surface area contributed by atoms with Crippen LogP contribution in [0, 0.1) is 5.92 Å². The van der Waals surface area contributed by atoms with Crippen LogP contribution in [0.25, 0.3) is 0 Å². The highest BCUT2D eigenvalue weighted by atomic mass is 16.4. The number of amides is 2.